The van der Waals surface area contributed by atoms with Crippen LogP contribution in [0.4, 0.5) is 4.39 Å². The first kappa shape index (κ1) is 16.3. The molecule has 1 aromatic heterocycles. The zero-order chi connectivity index (χ0) is 17.4. The summed E-state index contributed by atoms with van der Waals surface area (Å²) < 4.78 is 19.0. The zero-order valence-corrected chi connectivity index (χ0v) is 13.2. The van der Waals surface area contributed by atoms with E-state index in [1.807, 2.05) is 0 Å². The Balaban J connectivity index is 2.03. The van der Waals surface area contributed by atoms with Gasteiger partial charge in [0.25, 0.3) is 5.91 Å². The number of aliphatic carboxylic acids is 1. The van der Waals surface area contributed by atoms with Gasteiger partial charge in [0.15, 0.2) is 6.10 Å². The van der Waals surface area contributed by atoms with Gasteiger partial charge in [-0.05, 0) is 19.9 Å². The highest BCUT2D eigenvalue weighted by molar-refractivity contribution is 6.05. The maximum atomic E-state index is 13.9. The molecule has 0 saturated carbocycles. The van der Waals surface area contributed by atoms with Gasteiger partial charge in [0.1, 0.15) is 11.3 Å². The largest absolute Gasteiger partial charge is 0.479 e. The van der Waals surface area contributed by atoms with Crippen LogP contribution in [0.2, 0.25) is 0 Å². The molecule has 1 unspecified atom stereocenters. The monoisotopic (exact) mass is 333 g/mol. The van der Waals surface area contributed by atoms with E-state index in [1.54, 1.807) is 13.8 Å². The van der Waals surface area contributed by atoms with Crippen molar-refractivity contribution in [3.63, 3.8) is 0 Å². The van der Waals surface area contributed by atoms with Gasteiger partial charge >= 0.3 is 5.97 Å². The molecule has 1 aliphatic heterocycles. The van der Waals surface area contributed by atoms with Gasteiger partial charge in [-0.15, -0.1) is 0 Å². The predicted molar refractivity (Wildman–Crippen MR) is 82.2 cm³/mol. The van der Waals surface area contributed by atoms with Gasteiger partial charge in [-0.25, -0.2) is 19.2 Å². The topological polar surface area (TPSA) is 92.6 Å². The Morgan fingerprint density at radius 3 is 2.71 bits per heavy atom. The average molecular weight is 333 g/mol. The number of ether oxygens (including phenoxy) is 1. The molecule has 24 heavy (non-hydrogen) atoms. The molecule has 1 amide bonds. The van der Waals surface area contributed by atoms with Crippen molar-refractivity contribution in [1.82, 2.24) is 14.9 Å². The van der Waals surface area contributed by atoms with E-state index in [-0.39, 0.29) is 25.3 Å². The average Bonchev–Trinajstić information content (AvgIpc) is 2.55. The summed E-state index contributed by atoms with van der Waals surface area (Å²) >= 11 is 0. The number of hydrogen-bond donors (Lipinski definition) is 1. The maximum absolute atomic E-state index is 13.9. The number of amides is 1. The Kier molecular flexibility index (Phi) is 4.15. The van der Waals surface area contributed by atoms with E-state index in [0.717, 1.165) is 6.07 Å². The predicted octanol–water partition coefficient (Wildman–Crippen LogP) is 1.31. The first-order valence-electron chi connectivity index (χ1n) is 7.45. The number of carbonyl (C=O) groups excluding carboxylic acids is 1. The second-order valence-corrected chi connectivity index (χ2v) is 5.66. The highest BCUT2D eigenvalue weighted by Gasteiger charge is 2.30. The SMILES string of the molecule is Cc1nc2cc(F)cc(C(=O)N3CCOC(C(=O)O)C3)c2nc1C. The molecule has 7 nitrogen and oxygen atoms in total. The molecule has 3 rings (SSSR count). The number of rotatable bonds is 2. The van der Waals surface area contributed by atoms with Crippen molar-refractivity contribution in [2.75, 3.05) is 19.7 Å². The fraction of sp³-hybridized carbons (Fsp3) is 0.375. The first-order chi connectivity index (χ1) is 11.4. The smallest absolute Gasteiger partial charge is 0.334 e. The molecule has 1 N–H and O–H groups in total. The van der Waals surface area contributed by atoms with E-state index in [9.17, 15) is 14.0 Å². The van der Waals surface area contributed by atoms with Crippen LogP contribution in [0.5, 0.6) is 0 Å². The minimum atomic E-state index is -1.14. The van der Waals surface area contributed by atoms with E-state index in [4.69, 9.17) is 9.84 Å². The summed E-state index contributed by atoms with van der Waals surface area (Å²) in [5.74, 6) is -2.21. The number of carbonyl (C=O) groups is 2. The van der Waals surface area contributed by atoms with Crippen LogP contribution in [-0.2, 0) is 9.53 Å². The van der Waals surface area contributed by atoms with Crippen LogP contribution < -0.4 is 0 Å². The Morgan fingerprint density at radius 1 is 1.29 bits per heavy atom. The number of morpholine rings is 1. The number of carboxylic acid groups (broad SMARTS) is 1. The second kappa shape index (κ2) is 6.12. The molecule has 1 fully saturated rings. The third-order valence-corrected chi connectivity index (χ3v) is 4.01. The normalized spacial score (nSPS) is 18.0. The van der Waals surface area contributed by atoms with Crippen molar-refractivity contribution >= 4 is 22.9 Å². The zero-order valence-electron chi connectivity index (χ0n) is 13.2. The molecule has 1 saturated heterocycles. The molecule has 2 aromatic rings. The molecule has 0 bridgehead atoms. The third kappa shape index (κ3) is 2.92. The minimum absolute atomic E-state index is 0.0756. The Labute approximate surface area is 137 Å². The quantitative estimate of drug-likeness (QED) is 0.891. The van der Waals surface area contributed by atoms with Gasteiger partial charge in [-0.3, -0.25) is 4.79 Å². The van der Waals surface area contributed by atoms with Crippen molar-refractivity contribution in [1.29, 1.82) is 0 Å². The molecule has 0 radical (unpaired) electrons. The number of hydrogen-bond acceptors (Lipinski definition) is 5. The van der Waals surface area contributed by atoms with Gasteiger partial charge in [-0.1, -0.05) is 0 Å². The highest BCUT2D eigenvalue weighted by Crippen LogP contribution is 2.21. The van der Waals surface area contributed by atoms with E-state index >= 15 is 0 Å². The number of fused-ring (bicyclic) bond motifs is 1. The molecular weight excluding hydrogens is 317 g/mol. The molecule has 1 atom stereocenters. The summed E-state index contributed by atoms with van der Waals surface area (Å²) in [5, 5.41) is 9.05. The van der Waals surface area contributed by atoms with Crippen LogP contribution in [0, 0.1) is 19.7 Å². The van der Waals surface area contributed by atoms with E-state index in [0.29, 0.717) is 22.4 Å². The molecule has 1 aliphatic rings. The molecule has 2 heterocycles. The third-order valence-electron chi connectivity index (χ3n) is 4.01. The van der Waals surface area contributed by atoms with Crippen LogP contribution >= 0.6 is 0 Å². The second-order valence-electron chi connectivity index (χ2n) is 5.66. The maximum Gasteiger partial charge on any atom is 0.334 e. The lowest BCUT2D eigenvalue weighted by Crippen LogP contribution is -2.48. The molecule has 126 valence electrons. The Hall–Kier alpha value is -2.61. The number of halogens is 1. The van der Waals surface area contributed by atoms with Gasteiger partial charge in [0, 0.05) is 12.6 Å². The van der Waals surface area contributed by atoms with Gasteiger partial charge in [0.05, 0.1) is 35.6 Å². The molecular formula is C16H16FN3O4. The summed E-state index contributed by atoms with van der Waals surface area (Å²) in [4.78, 5) is 33.8. The standard InChI is InChI=1S/C16H16FN3O4/c1-8-9(2)19-14-11(5-10(17)6-12(14)18-8)15(21)20-3-4-24-13(7-20)16(22)23/h5-6,13H,3-4,7H2,1-2H3,(H,22,23). The lowest BCUT2D eigenvalue weighted by Gasteiger charge is -2.31. The number of benzene rings is 1. The van der Waals surface area contributed by atoms with Crippen molar-refractivity contribution in [2.45, 2.75) is 20.0 Å². The lowest BCUT2D eigenvalue weighted by molar-refractivity contribution is -0.154. The van der Waals surface area contributed by atoms with E-state index in [1.165, 1.54) is 11.0 Å². The molecule has 1 aromatic carbocycles. The summed E-state index contributed by atoms with van der Waals surface area (Å²) in [5.41, 5.74) is 1.98. The van der Waals surface area contributed by atoms with Gasteiger partial charge in [-0.2, -0.15) is 0 Å². The van der Waals surface area contributed by atoms with Crippen molar-refractivity contribution < 1.29 is 23.8 Å². The summed E-state index contributed by atoms with van der Waals surface area (Å²) in [6.45, 7) is 3.77. The minimum Gasteiger partial charge on any atom is -0.479 e. The van der Waals surface area contributed by atoms with E-state index < -0.39 is 23.8 Å². The highest BCUT2D eigenvalue weighted by atomic mass is 19.1. The van der Waals surface area contributed by atoms with Crippen LogP contribution in [0.1, 0.15) is 21.7 Å². The number of aromatic nitrogens is 2. The number of carboxylic acids is 1. The molecule has 0 spiro atoms. The lowest BCUT2D eigenvalue weighted by atomic mass is 10.1. The van der Waals surface area contributed by atoms with E-state index in [2.05, 4.69) is 9.97 Å². The van der Waals surface area contributed by atoms with Crippen LogP contribution in [0.25, 0.3) is 11.0 Å². The Bertz CT molecular complexity index is 840. The van der Waals surface area contributed by atoms with Crippen LogP contribution in [0.15, 0.2) is 12.1 Å². The van der Waals surface area contributed by atoms with Crippen molar-refractivity contribution in [3.8, 4) is 0 Å². The van der Waals surface area contributed by atoms with Gasteiger partial charge < -0.3 is 14.7 Å². The summed E-state index contributed by atoms with van der Waals surface area (Å²) in [6.07, 6.45) is -1.09. The van der Waals surface area contributed by atoms with Crippen molar-refractivity contribution in [2.24, 2.45) is 0 Å². The fourth-order valence-electron chi connectivity index (χ4n) is 2.61. The number of aryl methyl sites for hydroxylation is 2. The summed E-state index contributed by atoms with van der Waals surface area (Å²) in [6, 6.07) is 2.34. The van der Waals surface area contributed by atoms with Crippen molar-refractivity contribution in [3.05, 3.63) is 34.9 Å². The fourth-order valence-corrected chi connectivity index (χ4v) is 2.61. The van der Waals surface area contributed by atoms with Gasteiger partial charge in [0.2, 0.25) is 0 Å². The molecule has 0 aliphatic carbocycles. The van der Waals surface area contributed by atoms with Crippen LogP contribution in [0.3, 0.4) is 0 Å². The number of nitrogens with zero attached hydrogens (tertiary/aromatic N) is 3. The Morgan fingerprint density at radius 2 is 2.00 bits per heavy atom. The molecule has 8 heteroatoms. The first-order valence-corrected chi connectivity index (χ1v) is 7.45. The summed E-state index contributed by atoms with van der Waals surface area (Å²) in [7, 11) is 0. The van der Waals surface area contributed by atoms with Crippen LogP contribution in [-0.4, -0.2) is 57.7 Å².